The van der Waals surface area contributed by atoms with Crippen LogP contribution in [0.1, 0.15) is 16.8 Å². The molecule has 0 aliphatic rings. The van der Waals surface area contributed by atoms with E-state index < -0.39 is 10.0 Å². The Morgan fingerprint density at radius 1 is 1.14 bits per heavy atom. The maximum atomic E-state index is 11.9. The predicted octanol–water partition coefficient (Wildman–Crippen LogP) is 2.51. The molecule has 1 heterocycles. The average Bonchev–Trinajstić information content (AvgIpc) is 2.68. The quantitative estimate of drug-likeness (QED) is 0.505. The van der Waals surface area contributed by atoms with Crippen LogP contribution in [0.3, 0.4) is 0 Å². The molecule has 8 heteroatoms. The van der Waals surface area contributed by atoms with Crippen LogP contribution in [0, 0.1) is 6.92 Å². The molecule has 146 valence electrons. The topological polar surface area (TPSA) is 126 Å². The third kappa shape index (κ3) is 4.14. The van der Waals surface area contributed by atoms with Crippen LogP contribution in [-0.4, -0.2) is 23.6 Å². The van der Waals surface area contributed by atoms with Crippen LogP contribution in [0.5, 0.6) is 5.75 Å². The van der Waals surface area contributed by atoms with Crippen molar-refractivity contribution < 1.29 is 18.6 Å². The number of pyridine rings is 1. The molecule has 0 radical (unpaired) electrons. The number of nitrogens with one attached hydrogen (secondary N) is 1. The van der Waals surface area contributed by atoms with Gasteiger partial charge in [-0.1, -0.05) is 30.3 Å². The summed E-state index contributed by atoms with van der Waals surface area (Å²) in [6, 6.07) is 13.7. The Morgan fingerprint density at radius 3 is 2.61 bits per heavy atom. The summed E-state index contributed by atoms with van der Waals surface area (Å²) in [6.07, 6.45) is 1.53. The Balaban J connectivity index is 1.92. The molecule has 0 atom stereocenters. The molecule has 0 amide bonds. The summed E-state index contributed by atoms with van der Waals surface area (Å²) < 4.78 is 23.7. The lowest BCUT2D eigenvalue weighted by atomic mass is 10.0. The Morgan fingerprint density at radius 2 is 1.89 bits per heavy atom. The highest BCUT2D eigenvalue weighted by Gasteiger charge is 2.15. The van der Waals surface area contributed by atoms with E-state index in [1.807, 2.05) is 6.07 Å². The zero-order valence-electron chi connectivity index (χ0n) is 15.3. The summed E-state index contributed by atoms with van der Waals surface area (Å²) in [4.78, 5) is 4.10. The van der Waals surface area contributed by atoms with Gasteiger partial charge in [0.1, 0.15) is 5.75 Å². The summed E-state index contributed by atoms with van der Waals surface area (Å²) in [5.41, 5.74) is 3.49. The van der Waals surface area contributed by atoms with Crippen molar-refractivity contribution in [2.45, 2.75) is 25.0 Å². The Kier molecular flexibility index (Phi) is 5.64. The highest BCUT2D eigenvalue weighted by molar-refractivity contribution is 7.89. The number of aliphatic hydroxyl groups excluding tert-OH is 1. The van der Waals surface area contributed by atoms with E-state index in [-0.39, 0.29) is 23.8 Å². The molecule has 0 bridgehead atoms. The number of aromatic hydroxyl groups is 1. The second kappa shape index (κ2) is 7.97. The third-order valence-corrected chi connectivity index (χ3v) is 5.41. The molecule has 0 saturated carbocycles. The molecule has 0 aliphatic heterocycles. The van der Waals surface area contributed by atoms with E-state index in [9.17, 15) is 18.6 Å². The monoisotopic (exact) mass is 399 g/mol. The van der Waals surface area contributed by atoms with Gasteiger partial charge in [0.05, 0.1) is 17.2 Å². The summed E-state index contributed by atoms with van der Waals surface area (Å²) in [6.45, 7) is 1.72. The van der Waals surface area contributed by atoms with Crippen LogP contribution >= 0.6 is 0 Å². The number of aryl methyl sites for hydroxylation is 1. The van der Waals surface area contributed by atoms with E-state index in [4.69, 9.17) is 5.14 Å². The number of nitrogens with two attached hydrogens (primary N) is 1. The predicted molar refractivity (Wildman–Crippen MR) is 107 cm³/mol. The van der Waals surface area contributed by atoms with Crippen LogP contribution in [0.2, 0.25) is 0 Å². The summed E-state index contributed by atoms with van der Waals surface area (Å²) in [5, 5.41) is 28.3. The van der Waals surface area contributed by atoms with Crippen molar-refractivity contribution in [2.24, 2.45) is 5.14 Å². The molecule has 3 rings (SSSR count). The standard InChI is InChI=1S/C20H21N3O4S/c1-13-20(25)18(15(12-24)10-22-13)11-23-16-6-4-5-14(9-16)17-7-2-3-8-19(17)28(21,26)27/h2-10,23-25H,11-12H2,1H3,(H2,21,26,27). The van der Waals surface area contributed by atoms with Gasteiger partial charge in [0.2, 0.25) is 10.0 Å². The van der Waals surface area contributed by atoms with Gasteiger partial charge in [0, 0.05) is 35.1 Å². The van der Waals surface area contributed by atoms with Gasteiger partial charge >= 0.3 is 0 Å². The molecule has 0 spiro atoms. The second-order valence-electron chi connectivity index (χ2n) is 6.33. The van der Waals surface area contributed by atoms with Crippen molar-refractivity contribution in [2.75, 3.05) is 5.32 Å². The number of nitrogens with zero attached hydrogens (tertiary/aromatic N) is 1. The number of aliphatic hydroxyl groups is 1. The fourth-order valence-electron chi connectivity index (χ4n) is 2.96. The van der Waals surface area contributed by atoms with E-state index in [2.05, 4.69) is 10.3 Å². The van der Waals surface area contributed by atoms with Gasteiger partial charge in [-0.25, -0.2) is 13.6 Å². The minimum atomic E-state index is -3.86. The van der Waals surface area contributed by atoms with Gasteiger partial charge in [0.25, 0.3) is 0 Å². The van der Waals surface area contributed by atoms with E-state index in [0.29, 0.717) is 27.9 Å². The summed E-state index contributed by atoms with van der Waals surface area (Å²) in [5.74, 6) is 0.0368. The largest absolute Gasteiger partial charge is 0.506 e. The number of aromatic nitrogens is 1. The minimum Gasteiger partial charge on any atom is -0.506 e. The average molecular weight is 399 g/mol. The zero-order chi connectivity index (χ0) is 20.3. The van der Waals surface area contributed by atoms with Crippen LogP contribution < -0.4 is 10.5 Å². The lowest BCUT2D eigenvalue weighted by Gasteiger charge is -2.14. The van der Waals surface area contributed by atoms with Gasteiger partial charge in [-0.15, -0.1) is 0 Å². The number of benzene rings is 2. The van der Waals surface area contributed by atoms with Gasteiger partial charge in [-0.05, 0) is 30.7 Å². The first-order valence-corrected chi connectivity index (χ1v) is 10.1. The lowest BCUT2D eigenvalue weighted by molar-refractivity contribution is 0.279. The molecule has 5 N–H and O–H groups in total. The first kappa shape index (κ1) is 19.8. The number of sulfonamides is 1. The number of hydrogen-bond acceptors (Lipinski definition) is 6. The molecule has 0 fully saturated rings. The molecule has 0 saturated heterocycles. The van der Waals surface area contributed by atoms with Crippen molar-refractivity contribution >= 4 is 15.7 Å². The van der Waals surface area contributed by atoms with Gasteiger partial charge < -0.3 is 15.5 Å². The molecular weight excluding hydrogens is 378 g/mol. The van der Waals surface area contributed by atoms with E-state index in [1.165, 1.54) is 12.3 Å². The van der Waals surface area contributed by atoms with E-state index >= 15 is 0 Å². The second-order valence-corrected chi connectivity index (χ2v) is 7.86. The first-order valence-electron chi connectivity index (χ1n) is 8.54. The fraction of sp³-hybridized carbons (Fsp3) is 0.150. The van der Waals surface area contributed by atoms with E-state index in [1.54, 1.807) is 43.3 Å². The van der Waals surface area contributed by atoms with Crippen molar-refractivity contribution in [3.8, 4) is 16.9 Å². The van der Waals surface area contributed by atoms with Crippen LogP contribution in [-0.2, 0) is 23.2 Å². The zero-order valence-corrected chi connectivity index (χ0v) is 16.1. The fourth-order valence-corrected chi connectivity index (χ4v) is 3.72. The van der Waals surface area contributed by atoms with Crippen LogP contribution in [0.4, 0.5) is 5.69 Å². The Labute approximate surface area is 163 Å². The van der Waals surface area contributed by atoms with Crippen LogP contribution in [0.25, 0.3) is 11.1 Å². The highest BCUT2D eigenvalue weighted by atomic mass is 32.2. The molecular formula is C20H21N3O4S. The maximum Gasteiger partial charge on any atom is 0.238 e. The normalized spacial score (nSPS) is 11.4. The third-order valence-electron chi connectivity index (χ3n) is 4.44. The Bertz CT molecular complexity index is 1110. The molecule has 28 heavy (non-hydrogen) atoms. The van der Waals surface area contributed by atoms with Crippen molar-refractivity contribution in [1.82, 2.24) is 4.98 Å². The molecule has 0 unspecified atom stereocenters. The van der Waals surface area contributed by atoms with E-state index in [0.717, 1.165) is 5.69 Å². The number of rotatable bonds is 6. The number of hydrogen-bond donors (Lipinski definition) is 4. The number of primary sulfonamides is 1. The van der Waals surface area contributed by atoms with Gasteiger partial charge in [-0.2, -0.15) is 0 Å². The highest BCUT2D eigenvalue weighted by Crippen LogP contribution is 2.29. The maximum absolute atomic E-state index is 11.9. The number of anilines is 1. The molecule has 3 aromatic rings. The van der Waals surface area contributed by atoms with Gasteiger partial charge in [-0.3, -0.25) is 4.98 Å². The van der Waals surface area contributed by atoms with Gasteiger partial charge in [0.15, 0.2) is 0 Å². The molecule has 2 aromatic carbocycles. The van der Waals surface area contributed by atoms with Crippen molar-refractivity contribution in [1.29, 1.82) is 0 Å². The molecule has 0 aliphatic carbocycles. The minimum absolute atomic E-state index is 0.0368. The van der Waals surface area contributed by atoms with Crippen molar-refractivity contribution in [3.05, 3.63) is 71.5 Å². The SMILES string of the molecule is Cc1ncc(CO)c(CNc2cccc(-c3ccccc3S(N)(=O)=O)c2)c1O. The van der Waals surface area contributed by atoms with Crippen molar-refractivity contribution in [3.63, 3.8) is 0 Å². The molecule has 7 nitrogen and oxygen atoms in total. The van der Waals surface area contributed by atoms with Crippen LogP contribution in [0.15, 0.2) is 59.6 Å². The smallest absolute Gasteiger partial charge is 0.238 e. The first-order chi connectivity index (χ1) is 13.3. The Hall–Kier alpha value is -2.94. The summed E-state index contributed by atoms with van der Waals surface area (Å²) in [7, 11) is -3.86. The lowest BCUT2D eigenvalue weighted by Crippen LogP contribution is -2.13. The summed E-state index contributed by atoms with van der Waals surface area (Å²) >= 11 is 0. The molecule has 1 aromatic heterocycles.